The largest absolute Gasteiger partial charge is 0.352 e. The number of aromatic amines is 1. The van der Waals surface area contributed by atoms with Crippen LogP contribution in [0.1, 0.15) is 17.0 Å². The Bertz CT molecular complexity index is 490. The summed E-state index contributed by atoms with van der Waals surface area (Å²) in [5.41, 5.74) is 2.84. The minimum absolute atomic E-state index is 0.0136. The molecule has 0 bridgehead atoms. The van der Waals surface area contributed by atoms with Crippen LogP contribution >= 0.6 is 0 Å². The summed E-state index contributed by atoms with van der Waals surface area (Å²) in [6.07, 6.45) is 0.317. The number of benzene rings is 1. The molecular weight excluding hydrogens is 214 g/mol. The van der Waals surface area contributed by atoms with Gasteiger partial charge in [0, 0.05) is 12.2 Å². The molecule has 4 nitrogen and oxygen atoms in total. The monoisotopic (exact) mass is 229 g/mol. The topological polar surface area (TPSA) is 57.8 Å². The van der Waals surface area contributed by atoms with Gasteiger partial charge in [-0.2, -0.15) is 5.10 Å². The molecule has 2 aromatic rings. The van der Waals surface area contributed by atoms with E-state index in [1.165, 1.54) is 0 Å². The van der Waals surface area contributed by atoms with Crippen molar-refractivity contribution in [2.24, 2.45) is 0 Å². The van der Waals surface area contributed by atoms with Gasteiger partial charge < -0.3 is 5.32 Å². The van der Waals surface area contributed by atoms with Gasteiger partial charge in [-0.15, -0.1) is 0 Å². The van der Waals surface area contributed by atoms with Gasteiger partial charge in [0.15, 0.2) is 0 Å². The van der Waals surface area contributed by atoms with E-state index in [2.05, 4.69) is 15.5 Å². The summed E-state index contributed by atoms with van der Waals surface area (Å²) in [6, 6.07) is 11.7. The number of nitrogens with zero attached hydrogens (tertiary/aromatic N) is 1. The maximum atomic E-state index is 11.6. The Kier molecular flexibility index (Phi) is 3.55. The Morgan fingerprint density at radius 3 is 2.76 bits per heavy atom. The number of nitrogens with one attached hydrogen (secondary N) is 2. The molecule has 0 spiro atoms. The highest BCUT2D eigenvalue weighted by molar-refractivity contribution is 5.78. The lowest BCUT2D eigenvalue weighted by atomic mass is 10.2. The zero-order valence-electron chi connectivity index (χ0n) is 9.73. The van der Waals surface area contributed by atoms with Gasteiger partial charge in [-0.1, -0.05) is 30.3 Å². The second-order valence-electron chi connectivity index (χ2n) is 3.98. The Labute approximate surface area is 100 Å². The van der Waals surface area contributed by atoms with Crippen molar-refractivity contribution in [2.75, 3.05) is 0 Å². The summed E-state index contributed by atoms with van der Waals surface area (Å²) in [4.78, 5) is 11.6. The number of aryl methyl sites for hydroxylation is 1. The molecule has 0 atom stereocenters. The van der Waals surface area contributed by atoms with Gasteiger partial charge in [0.05, 0.1) is 12.1 Å². The molecular formula is C13H15N3O. The van der Waals surface area contributed by atoms with E-state index in [0.29, 0.717) is 13.0 Å². The molecule has 0 saturated carbocycles. The summed E-state index contributed by atoms with van der Waals surface area (Å²) in [6.45, 7) is 2.47. The highest BCUT2D eigenvalue weighted by atomic mass is 16.1. The van der Waals surface area contributed by atoms with Crippen molar-refractivity contribution in [3.8, 4) is 0 Å². The Morgan fingerprint density at radius 1 is 1.35 bits per heavy atom. The predicted molar refractivity (Wildman–Crippen MR) is 65.3 cm³/mol. The van der Waals surface area contributed by atoms with E-state index in [4.69, 9.17) is 0 Å². The van der Waals surface area contributed by atoms with Crippen LogP contribution in [0.5, 0.6) is 0 Å². The van der Waals surface area contributed by atoms with E-state index in [1.54, 1.807) is 0 Å². The van der Waals surface area contributed by atoms with Crippen LogP contribution in [0.25, 0.3) is 0 Å². The first-order valence-corrected chi connectivity index (χ1v) is 5.55. The highest BCUT2D eigenvalue weighted by Crippen LogP contribution is 2.00. The van der Waals surface area contributed by atoms with Gasteiger partial charge in [0.25, 0.3) is 0 Å². The van der Waals surface area contributed by atoms with Crippen molar-refractivity contribution < 1.29 is 4.79 Å². The number of hydrogen-bond acceptors (Lipinski definition) is 2. The second kappa shape index (κ2) is 5.30. The fourth-order valence-electron chi connectivity index (χ4n) is 1.59. The first-order valence-electron chi connectivity index (χ1n) is 5.55. The lowest BCUT2D eigenvalue weighted by Gasteiger charge is -2.03. The van der Waals surface area contributed by atoms with Crippen molar-refractivity contribution in [3.05, 3.63) is 53.3 Å². The lowest BCUT2D eigenvalue weighted by Crippen LogP contribution is -2.24. The van der Waals surface area contributed by atoms with Crippen molar-refractivity contribution in [2.45, 2.75) is 19.9 Å². The smallest absolute Gasteiger partial charge is 0.226 e. The fraction of sp³-hybridized carbons (Fsp3) is 0.231. The molecule has 88 valence electrons. The summed E-state index contributed by atoms with van der Waals surface area (Å²) >= 11 is 0. The van der Waals surface area contributed by atoms with Crippen LogP contribution in [0.3, 0.4) is 0 Å². The van der Waals surface area contributed by atoms with Crippen LogP contribution in [0.4, 0.5) is 0 Å². The summed E-state index contributed by atoms with van der Waals surface area (Å²) in [5.74, 6) is -0.0136. The zero-order chi connectivity index (χ0) is 12.1. The fourth-order valence-corrected chi connectivity index (χ4v) is 1.59. The molecule has 0 radical (unpaired) electrons. The van der Waals surface area contributed by atoms with Gasteiger partial charge in [-0.05, 0) is 18.6 Å². The molecule has 0 aliphatic heterocycles. The summed E-state index contributed by atoms with van der Waals surface area (Å²) < 4.78 is 0. The minimum Gasteiger partial charge on any atom is -0.352 e. The van der Waals surface area contributed by atoms with Crippen molar-refractivity contribution in [1.29, 1.82) is 0 Å². The molecule has 2 rings (SSSR count). The molecule has 0 saturated heterocycles. The van der Waals surface area contributed by atoms with Crippen LogP contribution in [-0.2, 0) is 17.8 Å². The third kappa shape index (κ3) is 3.45. The zero-order valence-corrected chi connectivity index (χ0v) is 9.73. The predicted octanol–water partition coefficient (Wildman–Crippen LogP) is 1.58. The van der Waals surface area contributed by atoms with Crippen molar-refractivity contribution in [3.63, 3.8) is 0 Å². The van der Waals surface area contributed by atoms with Gasteiger partial charge in [0.1, 0.15) is 0 Å². The highest BCUT2D eigenvalue weighted by Gasteiger charge is 2.05. The van der Waals surface area contributed by atoms with E-state index >= 15 is 0 Å². The number of H-pyrrole nitrogens is 1. The standard InChI is InChI=1S/C13H15N3O/c1-10-7-12(16-15-10)8-13(17)14-9-11-5-3-2-4-6-11/h2-7H,8-9H2,1H3,(H,14,17)(H,15,16). The molecule has 1 heterocycles. The van der Waals surface area contributed by atoms with Gasteiger partial charge in [0.2, 0.25) is 5.91 Å². The van der Waals surface area contributed by atoms with Gasteiger partial charge >= 0.3 is 0 Å². The number of carbonyl (C=O) groups is 1. The number of rotatable bonds is 4. The summed E-state index contributed by atoms with van der Waals surface area (Å²) in [5, 5.41) is 9.71. The molecule has 17 heavy (non-hydrogen) atoms. The average molecular weight is 229 g/mol. The Balaban J connectivity index is 1.82. The molecule has 1 aromatic carbocycles. The molecule has 0 unspecified atom stereocenters. The number of carbonyl (C=O) groups excluding carboxylic acids is 1. The van der Waals surface area contributed by atoms with Crippen LogP contribution in [-0.4, -0.2) is 16.1 Å². The number of amides is 1. The normalized spacial score (nSPS) is 10.2. The van der Waals surface area contributed by atoms with E-state index < -0.39 is 0 Å². The van der Waals surface area contributed by atoms with E-state index in [1.807, 2.05) is 43.3 Å². The van der Waals surface area contributed by atoms with E-state index in [0.717, 1.165) is 17.0 Å². The molecule has 2 N–H and O–H groups in total. The summed E-state index contributed by atoms with van der Waals surface area (Å²) in [7, 11) is 0. The lowest BCUT2D eigenvalue weighted by molar-refractivity contribution is -0.120. The first kappa shape index (κ1) is 11.4. The minimum atomic E-state index is -0.0136. The average Bonchev–Trinajstić information content (AvgIpc) is 2.73. The number of aromatic nitrogens is 2. The van der Waals surface area contributed by atoms with E-state index in [-0.39, 0.29) is 5.91 Å². The van der Waals surface area contributed by atoms with Crippen LogP contribution in [0, 0.1) is 6.92 Å². The van der Waals surface area contributed by atoms with Crippen molar-refractivity contribution >= 4 is 5.91 Å². The maximum absolute atomic E-state index is 11.6. The third-order valence-corrected chi connectivity index (χ3v) is 2.43. The Morgan fingerprint density at radius 2 is 2.12 bits per heavy atom. The second-order valence-corrected chi connectivity index (χ2v) is 3.98. The first-order chi connectivity index (χ1) is 8.24. The van der Waals surface area contributed by atoms with E-state index in [9.17, 15) is 4.79 Å². The van der Waals surface area contributed by atoms with Crippen molar-refractivity contribution in [1.82, 2.24) is 15.5 Å². The van der Waals surface area contributed by atoms with Crippen LogP contribution < -0.4 is 5.32 Å². The molecule has 1 aromatic heterocycles. The van der Waals surface area contributed by atoms with Crippen LogP contribution in [0.2, 0.25) is 0 Å². The SMILES string of the molecule is Cc1cc(CC(=O)NCc2ccccc2)n[nH]1. The molecule has 0 aliphatic carbocycles. The maximum Gasteiger partial charge on any atom is 0.226 e. The van der Waals surface area contributed by atoms with Gasteiger partial charge in [-0.3, -0.25) is 9.89 Å². The van der Waals surface area contributed by atoms with Gasteiger partial charge in [-0.25, -0.2) is 0 Å². The van der Waals surface area contributed by atoms with Crippen LogP contribution in [0.15, 0.2) is 36.4 Å². The molecule has 1 amide bonds. The third-order valence-electron chi connectivity index (χ3n) is 2.43. The molecule has 4 heteroatoms. The molecule has 0 aliphatic rings. The number of hydrogen-bond donors (Lipinski definition) is 2. The quantitative estimate of drug-likeness (QED) is 0.836. The Hall–Kier alpha value is -2.10. The molecule has 0 fully saturated rings.